The third-order valence-corrected chi connectivity index (χ3v) is 1.08. The first-order chi connectivity index (χ1) is 6.58. The maximum Gasteiger partial charge on any atom is 0.512 e. The summed E-state index contributed by atoms with van der Waals surface area (Å²) in [5, 5.41) is 16.4. The summed E-state index contributed by atoms with van der Waals surface area (Å²) >= 11 is 0. The summed E-state index contributed by atoms with van der Waals surface area (Å²) in [5.41, 5.74) is 0. The molecule has 1 heterocycles. The van der Waals surface area contributed by atoms with Crippen LogP contribution in [0, 0.1) is 0 Å². The molecule has 0 saturated heterocycles. The number of rotatable bonds is 2. The second-order valence-corrected chi connectivity index (χ2v) is 2.05. The molecule has 74 valence electrons. The number of hydrogen-bond acceptors (Lipinski definition) is 5. The number of pyridine rings is 1. The van der Waals surface area contributed by atoms with Crippen LogP contribution in [0.1, 0.15) is 0 Å². The Balaban J connectivity index is 2.78. The minimum absolute atomic E-state index is 0.253. The lowest BCUT2D eigenvalue weighted by molar-refractivity contribution is 0.139. The Morgan fingerprint density at radius 2 is 1.50 bits per heavy atom. The van der Waals surface area contributed by atoms with Crippen LogP contribution in [0.5, 0.6) is 11.8 Å². The summed E-state index contributed by atoms with van der Waals surface area (Å²) < 4.78 is 8.34. The smallest absolute Gasteiger partial charge is 0.449 e. The van der Waals surface area contributed by atoms with Crippen LogP contribution in [0.4, 0.5) is 9.59 Å². The monoisotopic (exact) mass is 199 g/mol. The van der Waals surface area contributed by atoms with Gasteiger partial charge in [-0.3, -0.25) is 0 Å². The van der Waals surface area contributed by atoms with E-state index in [4.69, 9.17) is 10.2 Å². The first kappa shape index (κ1) is 9.78. The van der Waals surface area contributed by atoms with E-state index in [1.807, 2.05) is 0 Å². The van der Waals surface area contributed by atoms with Gasteiger partial charge < -0.3 is 19.7 Å². The van der Waals surface area contributed by atoms with Crippen molar-refractivity contribution in [1.82, 2.24) is 4.98 Å². The average Bonchev–Trinajstić information content (AvgIpc) is 2.01. The van der Waals surface area contributed by atoms with Gasteiger partial charge in [-0.2, -0.15) is 4.98 Å². The van der Waals surface area contributed by atoms with Crippen LogP contribution in [0.3, 0.4) is 0 Å². The molecule has 0 atom stereocenters. The van der Waals surface area contributed by atoms with Crippen molar-refractivity contribution >= 4 is 12.3 Å². The average molecular weight is 199 g/mol. The minimum atomic E-state index is -1.54. The number of carbonyl (C=O) groups is 2. The SMILES string of the molecule is O=C(O)Oc1cccc(OC(=O)O)n1. The zero-order valence-corrected chi connectivity index (χ0v) is 6.71. The second-order valence-electron chi connectivity index (χ2n) is 2.05. The van der Waals surface area contributed by atoms with Crippen molar-refractivity contribution in [1.29, 1.82) is 0 Å². The third-order valence-electron chi connectivity index (χ3n) is 1.08. The van der Waals surface area contributed by atoms with E-state index in [0.717, 1.165) is 0 Å². The van der Waals surface area contributed by atoms with E-state index >= 15 is 0 Å². The standard InChI is InChI=1S/C7H5NO6/c9-6(10)13-4-2-1-3-5(8-4)14-7(11)12/h1-3H,(H,9,10)(H,11,12). The minimum Gasteiger partial charge on any atom is -0.449 e. The Morgan fingerprint density at radius 3 is 1.86 bits per heavy atom. The van der Waals surface area contributed by atoms with Crippen LogP contribution in [0.25, 0.3) is 0 Å². The van der Waals surface area contributed by atoms with Crippen LogP contribution in [-0.4, -0.2) is 27.5 Å². The summed E-state index contributed by atoms with van der Waals surface area (Å²) in [4.78, 5) is 23.6. The molecule has 2 N–H and O–H groups in total. The molecule has 1 rings (SSSR count). The van der Waals surface area contributed by atoms with Crippen LogP contribution in [0.2, 0.25) is 0 Å². The number of ether oxygens (including phenoxy) is 2. The fourth-order valence-electron chi connectivity index (χ4n) is 0.688. The Hall–Kier alpha value is -2.31. The lowest BCUT2D eigenvalue weighted by atomic mass is 10.5. The summed E-state index contributed by atoms with van der Waals surface area (Å²) in [7, 11) is 0. The number of hydrogen-bond donors (Lipinski definition) is 2. The molecule has 7 heteroatoms. The highest BCUT2D eigenvalue weighted by molar-refractivity contribution is 5.61. The fourth-order valence-corrected chi connectivity index (χ4v) is 0.688. The van der Waals surface area contributed by atoms with Gasteiger partial charge in [-0.05, 0) is 0 Å². The molecule has 0 fully saturated rings. The summed E-state index contributed by atoms with van der Waals surface area (Å²) in [6.45, 7) is 0. The Morgan fingerprint density at radius 1 is 1.07 bits per heavy atom. The molecule has 0 aliphatic rings. The molecular weight excluding hydrogens is 194 g/mol. The molecular formula is C7H5NO6. The highest BCUT2D eigenvalue weighted by Crippen LogP contribution is 2.13. The molecule has 0 aliphatic heterocycles. The highest BCUT2D eigenvalue weighted by Gasteiger charge is 2.06. The molecule has 1 aromatic heterocycles. The lowest BCUT2D eigenvalue weighted by Crippen LogP contribution is -2.07. The van der Waals surface area contributed by atoms with Gasteiger partial charge in [0.05, 0.1) is 0 Å². The van der Waals surface area contributed by atoms with Gasteiger partial charge in [0.2, 0.25) is 11.8 Å². The largest absolute Gasteiger partial charge is 0.512 e. The molecule has 0 unspecified atom stereocenters. The summed E-state index contributed by atoms with van der Waals surface area (Å²) in [6, 6.07) is 3.86. The maximum atomic E-state index is 10.1. The van der Waals surface area contributed by atoms with E-state index in [1.165, 1.54) is 18.2 Å². The lowest BCUT2D eigenvalue weighted by Gasteiger charge is -2.00. The summed E-state index contributed by atoms with van der Waals surface area (Å²) in [6.07, 6.45) is -3.07. The van der Waals surface area contributed by atoms with Crippen LogP contribution >= 0.6 is 0 Å². The van der Waals surface area contributed by atoms with Gasteiger partial charge in [0.1, 0.15) is 0 Å². The zero-order valence-electron chi connectivity index (χ0n) is 6.71. The van der Waals surface area contributed by atoms with Crippen LogP contribution in [-0.2, 0) is 0 Å². The van der Waals surface area contributed by atoms with E-state index < -0.39 is 12.3 Å². The van der Waals surface area contributed by atoms with Crippen molar-refractivity contribution in [3.8, 4) is 11.8 Å². The predicted molar refractivity (Wildman–Crippen MR) is 41.5 cm³/mol. The predicted octanol–water partition coefficient (Wildman–Crippen LogP) is 1.20. The number of nitrogens with zero attached hydrogens (tertiary/aromatic N) is 1. The molecule has 7 nitrogen and oxygen atoms in total. The van der Waals surface area contributed by atoms with Crippen molar-refractivity contribution in [2.45, 2.75) is 0 Å². The molecule has 14 heavy (non-hydrogen) atoms. The molecule has 0 amide bonds. The summed E-state index contributed by atoms with van der Waals surface area (Å²) in [5.74, 6) is -0.507. The first-order valence-electron chi connectivity index (χ1n) is 3.36. The first-order valence-corrected chi connectivity index (χ1v) is 3.36. The van der Waals surface area contributed by atoms with Crippen LogP contribution in [0.15, 0.2) is 18.2 Å². The third kappa shape index (κ3) is 2.97. The van der Waals surface area contributed by atoms with Gasteiger partial charge in [0.15, 0.2) is 0 Å². The van der Waals surface area contributed by atoms with E-state index in [0.29, 0.717) is 0 Å². The van der Waals surface area contributed by atoms with Gasteiger partial charge >= 0.3 is 12.3 Å². The van der Waals surface area contributed by atoms with Gasteiger partial charge in [0.25, 0.3) is 0 Å². The molecule has 0 saturated carbocycles. The van der Waals surface area contributed by atoms with Crippen molar-refractivity contribution < 1.29 is 29.3 Å². The van der Waals surface area contributed by atoms with E-state index in [1.54, 1.807) is 0 Å². The molecule has 0 aromatic carbocycles. The van der Waals surface area contributed by atoms with Gasteiger partial charge in [-0.25, -0.2) is 9.59 Å². The molecule has 1 aromatic rings. The molecule has 0 spiro atoms. The normalized spacial score (nSPS) is 9.14. The molecule has 0 aliphatic carbocycles. The van der Waals surface area contributed by atoms with Crippen molar-refractivity contribution in [3.63, 3.8) is 0 Å². The van der Waals surface area contributed by atoms with Crippen LogP contribution < -0.4 is 9.47 Å². The van der Waals surface area contributed by atoms with Gasteiger partial charge in [-0.15, -0.1) is 0 Å². The van der Waals surface area contributed by atoms with E-state index in [-0.39, 0.29) is 11.8 Å². The second kappa shape index (κ2) is 4.08. The Bertz CT molecular complexity index is 332. The quantitative estimate of drug-likeness (QED) is 0.689. The Kier molecular flexibility index (Phi) is 2.85. The molecule has 0 bridgehead atoms. The number of aromatic nitrogens is 1. The zero-order chi connectivity index (χ0) is 10.6. The van der Waals surface area contributed by atoms with E-state index in [2.05, 4.69) is 14.5 Å². The Labute approximate surface area is 77.5 Å². The number of carboxylic acid groups (broad SMARTS) is 2. The van der Waals surface area contributed by atoms with Crippen molar-refractivity contribution in [2.24, 2.45) is 0 Å². The topological polar surface area (TPSA) is 106 Å². The highest BCUT2D eigenvalue weighted by atomic mass is 16.7. The molecule has 0 radical (unpaired) electrons. The van der Waals surface area contributed by atoms with Gasteiger partial charge in [0, 0.05) is 12.1 Å². The van der Waals surface area contributed by atoms with Crippen molar-refractivity contribution in [2.75, 3.05) is 0 Å². The van der Waals surface area contributed by atoms with E-state index in [9.17, 15) is 9.59 Å². The fraction of sp³-hybridized carbons (Fsp3) is 0. The van der Waals surface area contributed by atoms with Crippen molar-refractivity contribution in [3.05, 3.63) is 18.2 Å². The maximum absolute atomic E-state index is 10.1. The van der Waals surface area contributed by atoms with Gasteiger partial charge in [-0.1, -0.05) is 6.07 Å².